The molecule has 5 heteroatoms. The highest BCUT2D eigenvalue weighted by molar-refractivity contribution is 5.72. The van der Waals surface area contributed by atoms with Gasteiger partial charge in [-0.25, -0.2) is 0 Å². The first-order valence-electron chi connectivity index (χ1n) is 7.95. The molecule has 0 aliphatic carbocycles. The number of nitrogens with zero attached hydrogens (tertiary/aromatic N) is 1. The Morgan fingerprint density at radius 1 is 1.08 bits per heavy atom. The van der Waals surface area contributed by atoms with Crippen LogP contribution in [0, 0.1) is 6.92 Å². The van der Waals surface area contributed by atoms with E-state index in [0.717, 1.165) is 16.9 Å². The predicted molar refractivity (Wildman–Crippen MR) is 93.2 cm³/mol. The molecule has 3 rings (SSSR count). The van der Waals surface area contributed by atoms with Crippen molar-refractivity contribution in [2.75, 3.05) is 7.11 Å². The number of benzene rings is 2. The molecule has 0 N–H and O–H groups in total. The van der Waals surface area contributed by atoms with Gasteiger partial charge in [-0.05, 0) is 24.6 Å². The second kappa shape index (κ2) is 7.66. The molecule has 0 atom stereocenters. The van der Waals surface area contributed by atoms with E-state index in [-0.39, 0.29) is 19.0 Å². The quantitative estimate of drug-likeness (QED) is 0.638. The Labute approximate surface area is 146 Å². The van der Waals surface area contributed by atoms with Crippen molar-refractivity contribution >= 4 is 5.97 Å². The van der Waals surface area contributed by atoms with Gasteiger partial charge in [0.2, 0.25) is 0 Å². The average molecular weight is 337 g/mol. The molecule has 5 nitrogen and oxygen atoms in total. The summed E-state index contributed by atoms with van der Waals surface area (Å²) in [6.45, 7) is 2.11. The van der Waals surface area contributed by atoms with E-state index in [1.165, 1.54) is 5.56 Å². The van der Waals surface area contributed by atoms with Crippen LogP contribution in [0.5, 0.6) is 5.75 Å². The van der Waals surface area contributed by atoms with Gasteiger partial charge in [0.1, 0.15) is 18.1 Å². The standard InChI is InChI=1S/C20H19NO4/c1-14-3-7-16(8-4-14)19-12-17(21-25-19)13-24-20(22)11-15-5-9-18(23-2)10-6-15/h3-10,12H,11,13H2,1-2H3. The summed E-state index contributed by atoms with van der Waals surface area (Å²) in [5.41, 5.74) is 3.56. The number of aryl methyl sites for hydroxylation is 1. The monoisotopic (exact) mass is 337 g/mol. The largest absolute Gasteiger partial charge is 0.497 e. The predicted octanol–water partition coefficient (Wildman–Crippen LogP) is 3.94. The maximum absolute atomic E-state index is 11.9. The Bertz CT molecular complexity index is 835. The summed E-state index contributed by atoms with van der Waals surface area (Å²) >= 11 is 0. The lowest BCUT2D eigenvalue weighted by Gasteiger charge is -2.04. The van der Waals surface area contributed by atoms with Crippen LogP contribution in [-0.2, 0) is 22.6 Å². The van der Waals surface area contributed by atoms with Crippen LogP contribution in [0.4, 0.5) is 0 Å². The molecule has 0 unspecified atom stereocenters. The first-order valence-corrected chi connectivity index (χ1v) is 7.95. The number of hydrogen-bond acceptors (Lipinski definition) is 5. The first-order chi connectivity index (χ1) is 12.1. The van der Waals surface area contributed by atoms with Gasteiger partial charge in [-0.3, -0.25) is 4.79 Å². The number of esters is 1. The minimum absolute atomic E-state index is 0.0876. The minimum Gasteiger partial charge on any atom is -0.497 e. The van der Waals surface area contributed by atoms with E-state index in [2.05, 4.69) is 5.16 Å². The Morgan fingerprint density at radius 2 is 1.80 bits per heavy atom. The van der Waals surface area contributed by atoms with Gasteiger partial charge in [-0.1, -0.05) is 47.1 Å². The smallest absolute Gasteiger partial charge is 0.310 e. The molecule has 0 aliphatic heterocycles. The third-order valence-corrected chi connectivity index (χ3v) is 3.78. The van der Waals surface area contributed by atoms with E-state index in [4.69, 9.17) is 14.0 Å². The Kier molecular flexibility index (Phi) is 5.14. The molecule has 0 bridgehead atoms. The molecule has 0 spiro atoms. The number of carbonyl (C=O) groups is 1. The SMILES string of the molecule is COc1ccc(CC(=O)OCc2cc(-c3ccc(C)cc3)on2)cc1. The molecule has 0 fully saturated rings. The van der Waals surface area contributed by atoms with Crippen molar-refractivity contribution in [2.24, 2.45) is 0 Å². The number of hydrogen-bond donors (Lipinski definition) is 0. The third kappa shape index (κ3) is 4.47. The zero-order valence-corrected chi connectivity index (χ0v) is 14.2. The topological polar surface area (TPSA) is 61.6 Å². The maximum Gasteiger partial charge on any atom is 0.310 e. The van der Waals surface area contributed by atoms with Crippen molar-refractivity contribution in [3.63, 3.8) is 0 Å². The van der Waals surface area contributed by atoms with Gasteiger partial charge in [0, 0.05) is 11.6 Å². The van der Waals surface area contributed by atoms with Crippen molar-refractivity contribution in [1.82, 2.24) is 5.16 Å². The molecular formula is C20H19NO4. The molecule has 1 aromatic heterocycles. The van der Waals surface area contributed by atoms with E-state index in [1.807, 2.05) is 55.5 Å². The lowest BCUT2D eigenvalue weighted by Crippen LogP contribution is -2.08. The summed E-state index contributed by atoms with van der Waals surface area (Å²) in [5, 5.41) is 3.95. The van der Waals surface area contributed by atoms with Crippen molar-refractivity contribution < 1.29 is 18.8 Å². The molecule has 128 valence electrons. The molecule has 0 saturated carbocycles. The second-order valence-electron chi connectivity index (χ2n) is 5.73. The van der Waals surface area contributed by atoms with Crippen molar-refractivity contribution in [3.8, 4) is 17.1 Å². The van der Waals surface area contributed by atoms with Crippen LogP contribution in [0.2, 0.25) is 0 Å². The van der Waals surface area contributed by atoms with Gasteiger partial charge in [-0.15, -0.1) is 0 Å². The van der Waals surface area contributed by atoms with Gasteiger partial charge in [-0.2, -0.15) is 0 Å². The fraction of sp³-hybridized carbons (Fsp3) is 0.200. The summed E-state index contributed by atoms with van der Waals surface area (Å²) < 4.78 is 15.7. The molecule has 3 aromatic rings. The number of aromatic nitrogens is 1. The van der Waals surface area contributed by atoms with Crippen LogP contribution in [0.3, 0.4) is 0 Å². The zero-order chi connectivity index (χ0) is 17.6. The molecular weight excluding hydrogens is 318 g/mol. The molecule has 0 amide bonds. The highest BCUT2D eigenvalue weighted by atomic mass is 16.5. The summed E-state index contributed by atoms with van der Waals surface area (Å²) in [6, 6.07) is 17.0. The summed E-state index contributed by atoms with van der Waals surface area (Å²) in [5.74, 6) is 1.09. The maximum atomic E-state index is 11.9. The van der Waals surface area contributed by atoms with E-state index < -0.39 is 0 Å². The van der Waals surface area contributed by atoms with Crippen molar-refractivity contribution in [3.05, 3.63) is 71.4 Å². The number of carbonyl (C=O) groups excluding carboxylic acids is 1. The van der Waals surface area contributed by atoms with Crippen LogP contribution < -0.4 is 4.74 Å². The highest BCUT2D eigenvalue weighted by Crippen LogP contribution is 2.21. The van der Waals surface area contributed by atoms with Gasteiger partial charge >= 0.3 is 5.97 Å². The van der Waals surface area contributed by atoms with Crippen LogP contribution in [-0.4, -0.2) is 18.2 Å². The van der Waals surface area contributed by atoms with E-state index in [1.54, 1.807) is 13.2 Å². The summed E-state index contributed by atoms with van der Waals surface area (Å²) in [7, 11) is 1.60. The fourth-order valence-electron chi connectivity index (χ4n) is 2.35. The normalized spacial score (nSPS) is 10.5. The van der Waals surface area contributed by atoms with Crippen LogP contribution in [0.15, 0.2) is 59.1 Å². The second-order valence-corrected chi connectivity index (χ2v) is 5.73. The van der Waals surface area contributed by atoms with Gasteiger partial charge in [0.15, 0.2) is 5.76 Å². The van der Waals surface area contributed by atoms with Crippen molar-refractivity contribution in [1.29, 1.82) is 0 Å². The number of rotatable bonds is 6. The highest BCUT2D eigenvalue weighted by Gasteiger charge is 2.10. The van der Waals surface area contributed by atoms with E-state index >= 15 is 0 Å². The minimum atomic E-state index is -0.315. The third-order valence-electron chi connectivity index (χ3n) is 3.78. The average Bonchev–Trinajstić information content (AvgIpc) is 3.10. The molecule has 25 heavy (non-hydrogen) atoms. The van der Waals surface area contributed by atoms with Crippen LogP contribution >= 0.6 is 0 Å². The Balaban J connectivity index is 1.54. The van der Waals surface area contributed by atoms with Crippen LogP contribution in [0.25, 0.3) is 11.3 Å². The van der Waals surface area contributed by atoms with Crippen LogP contribution in [0.1, 0.15) is 16.8 Å². The summed E-state index contributed by atoms with van der Waals surface area (Å²) in [6.07, 6.45) is 0.201. The Hall–Kier alpha value is -3.08. The van der Waals surface area contributed by atoms with Gasteiger partial charge in [0.25, 0.3) is 0 Å². The number of ether oxygens (including phenoxy) is 2. The molecule has 0 saturated heterocycles. The lowest BCUT2D eigenvalue weighted by atomic mass is 10.1. The summed E-state index contributed by atoms with van der Waals surface area (Å²) in [4.78, 5) is 11.9. The van der Waals surface area contributed by atoms with Crippen molar-refractivity contribution in [2.45, 2.75) is 20.0 Å². The zero-order valence-electron chi connectivity index (χ0n) is 14.2. The van der Waals surface area contributed by atoms with E-state index in [0.29, 0.717) is 11.5 Å². The number of methoxy groups -OCH3 is 1. The Morgan fingerprint density at radius 3 is 2.48 bits per heavy atom. The molecule has 0 radical (unpaired) electrons. The lowest BCUT2D eigenvalue weighted by molar-refractivity contribution is -0.144. The first kappa shape index (κ1) is 16.8. The van der Waals surface area contributed by atoms with Gasteiger partial charge < -0.3 is 14.0 Å². The fourth-order valence-corrected chi connectivity index (χ4v) is 2.35. The molecule has 1 heterocycles. The van der Waals surface area contributed by atoms with Gasteiger partial charge in [0.05, 0.1) is 13.5 Å². The van der Waals surface area contributed by atoms with E-state index in [9.17, 15) is 4.79 Å². The molecule has 0 aliphatic rings. The molecule has 2 aromatic carbocycles.